The quantitative estimate of drug-likeness (QED) is 0.832. The number of nitrogens with zero attached hydrogens (tertiary/aromatic N) is 2. The summed E-state index contributed by atoms with van der Waals surface area (Å²) >= 11 is 1.78. The van der Waals surface area contributed by atoms with Crippen LogP contribution in [0.5, 0.6) is 0 Å². The average Bonchev–Trinajstić information content (AvgIpc) is 3.11. The molecule has 2 aromatic rings. The van der Waals surface area contributed by atoms with E-state index in [-0.39, 0.29) is 5.91 Å². The van der Waals surface area contributed by atoms with Crippen LogP contribution < -0.4 is 5.32 Å². The van der Waals surface area contributed by atoms with Crippen molar-refractivity contribution in [1.82, 2.24) is 15.1 Å². The Bertz CT molecular complexity index is 675. The summed E-state index contributed by atoms with van der Waals surface area (Å²) in [6, 6.07) is 2.13. The van der Waals surface area contributed by atoms with Gasteiger partial charge in [0.15, 0.2) is 5.69 Å². The minimum atomic E-state index is -0.0768. The van der Waals surface area contributed by atoms with E-state index in [4.69, 9.17) is 4.74 Å². The fraction of sp³-hybridized carbons (Fsp3) is 0.500. The predicted octanol–water partition coefficient (Wildman–Crippen LogP) is 2.40. The van der Waals surface area contributed by atoms with Crippen LogP contribution in [0, 0.1) is 0 Å². The average molecular weight is 319 g/mol. The summed E-state index contributed by atoms with van der Waals surface area (Å²) in [4.78, 5) is 13.8. The molecule has 118 valence electrons. The van der Waals surface area contributed by atoms with E-state index >= 15 is 0 Å². The van der Waals surface area contributed by atoms with Gasteiger partial charge in [-0.1, -0.05) is 0 Å². The first kappa shape index (κ1) is 15.2. The molecular formula is C16H21N3O2S. The van der Waals surface area contributed by atoms with Gasteiger partial charge < -0.3 is 10.1 Å². The maximum atomic E-state index is 12.4. The lowest BCUT2D eigenvalue weighted by atomic mass is 9.94. The van der Waals surface area contributed by atoms with Gasteiger partial charge >= 0.3 is 0 Å². The van der Waals surface area contributed by atoms with Gasteiger partial charge in [-0.25, -0.2) is 0 Å². The van der Waals surface area contributed by atoms with Gasteiger partial charge in [-0.2, -0.15) is 5.10 Å². The van der Waals surface area contributed by atoms with Gasteiger partial charge in [-0.15, -0.1) is 11.3 Å². The Labute approximate surface area is 134 Å². The zero-order valence-corrected chi connectivity index (χ0v) is 13.8. The number of hydrogen-bond acceptors (Lipinski definition) is 4. The molecule has 1 N–H and O–H groups in total. The standard InChI is InChI=1S/C16H21N3O2S/c1-3-21-9-4-8-17-16(20)14-12-5-6-13-11(7-10-22-13)15(12)19(2)18-14/h7,10H,3-6,8-9H2,1-2H3,(H,17,20). The molecule has 0 bridgehead atoms. The van der Waals surface area contributed by atoms with Gasteiger partial charge in [0.05, 0.1) is 5.69 Å². The lowest BCUT2D eigenvalue weighted by molar-refractivity contribution is 0.0937. The molecule has 0 atom stereocenters. The Morgan fingerprint density at radius 2 is 2.36 bits per heavy atom. The van der Waals surface area contributed by atoms with Gasteiger partial charge in [0.25, 0.3) is 5.91 Å². The first-order chi connectivity index (χ1) is 10.7. The molecule has 0 saturated heterocycles. The van der Waals surface area contributed by atoms with Crippen molar-refractivity contribution in [1.29, 1.82) is 0 Å². The van der Waals surface area contributed by atoms with Crippen molar-refractivity contribution in [3.63, 3.8) is 0 Å². The first-order valence-corrected chi connectivity index (χ1v) is 8.59. The zero-order valence-electron chi connectivity index (χ0n) is 13.0. The molecular weight excluding hydrogens is 298 g/mol. The summed E-state index contributed by atoms with van der Waals surface area (Å²) in [5.74, 6) is -0.0768. The monoisotopic (exact) mass is 319 g/mol. The SMILES string of the molecule is CCOCCCNC(=O)c1nn(C)c2c1CCc1sccc1-2. The lowest BCUT2D eigenvalue weighted by Gasteiger charge is -2.13. The number of fused-ring (bicyclic) bond motifs is 3. The number of amides is 1. The van der Waals surface area contributed by atoms with Crippen molar-refractivity contribution < 1.29 is 9.53 Å². The number of nitrogens with one attached hydrogen (secondary N) is 1. The van der Waals surface area contributed by atoms with E-state index in [0.717, 1.165) is 30.5 Å². The molecule has 0 aromatic carbocycles. The summed E-state index contributed by atoms with van der Waals surface area (Å²) in [6.07, 6.45) is 2.71. The highest BCUT2D eigenvalue weighted by Gasteiger charge is 2.27. The summed E-state index contributed by atoms with van der Waals surface area (Å²) in [7, 11) is 1.91. The maximum Gasteiger partial charge on any atom is 0.272 e. The molecule has 22 heavy (non-hydrogen) atoms. The number of rotatable bonds is 6. The molecule has 1 aliphatic rings. The Kier molecular flexibility index (Phi) is 4.59. The van der Waals surface area contributed by atoms with Crippen LogP contribution in [0.15, 0.2) is 11.4 Å². The minimum absolute atomic E-state index is 0.0768. The molecule has 6 heteroatoms. The number of thiophene rings is 1. The highest BCUT2D eigenvalue weighted by molar-refractivity contribution is 7.10. The van der Waals surface area contributed by atoms with Gasteiger partial charge in [-0.3, -0.25) is 9.48 Å². The maximum absolute atomic E-state index is 12.4. The summed E-state index contributed by atoms with van der Waals surface area (Å²) in [5.41, 5.74) is 3.99. The van der Waals surface area contributed by atoms with Crippen LogP contribution in [0.3, 0.4) is 0 Å². The molecule has 5 nitrogen and oxygen atoms in total. The third-order valence-corrected chi connectivity index (χ3v) is 4.90. The molecule has 1 amide bonds. The van der Waals surface area contributed by atoms with E-state index < -0.39 is 0 Å². The van der Waals surface area contributed by atoms with Gasteiger partial charge in [0, 0.05) is 42.8 Å². The number of hydrogen-bond donors (Lipinski definition) is 1. The Balaban J connectivity index is 1.74. The summed E-state index contributed by atoms with van der Waals surface area (Å²) < 4.78 is 7.12. The number of carbonyl (C=O) groups excluding carboxylic acids is 1. The second-order valence-electron chi connectivity index (χ2n) is 5.36. The largest absolute Gasteiger partial charge is 0.382 e. The fourth-order valence-electron chi connectivity index (χ4n) is 2.91. The molecule has 0 fully saturated rings. The third-order valence-electron chi connectivity index (χ3n) is 3.92. The molecule has 0 saturated carbocycles. The van der Waals surface area contributed by atoms with E-state index in [1.54, 1.807) is 11.3 Å². The second-order valence-corrected chi connectivity index (χ2v) is 6.36. The molecule has 0 aliphatic heterocycles. The summed E-state index contributed by atoms with van der Waals surface area (Å²) in [5, 5.41) is 9.52. The second kappa shape index (κ2) is 6.62. The van der Waals surface area contributed by atoms with Crippen LogP contribution in [0.2, 0.25) is 0 Å². The minimum Gasteiger partial charge on any atom is -0.382 e. The van der Waals surface area contributed by atoms with Crippen LogP contribution >= 0.6 is 11.3 Å². The number of carbonyl (C=O) groups is 1. The molecule has 2 aromatic heterocycles. The first-order valence-electron chi connectivity index (χ1n) is 7.71. The van der Waals surface area contributed by atoms with Crippen molar-refractivity contribution in [3.05, 3.63) is 27.6 Å². The number of aromatic nitrogens is 2. The summed E-state index contributed by atoms with van der Waals surface area (Å²) in [6.45, 7) is 3.98. The highest BCUT2D eigenvalue weighted by atomic mass is 32.1. The Morgan fingerprint density at radius 1 is 1.50 bits per heavy atom. The predicted molar refractivity (Wildman–Crippen MR) is 87.4 cm³/mol. The smallest absolute Gasteiger partial charge is 0.272 e. The van der Waals surface area contributed by atoms with Crippen LogP contribution in [0.4, 0.5) is 0 Å². The van der Waals surface area contributed by atoms with Gasteiger partial charge in [0.1, 0.15) is 0 Å². The Hall–Kier alpha value is -1.66. The number of ether oxygens (including phenoxy) is 1. The van der Waals surface area contributed by atoms with Crippen LogP contribution in [0.25, 0.3) is 11.3 Å². The number of aryl methyl sites for hydroxylation is 2. The fourth-order valence-corrected chi connectivity index (χ4v) is 3.79. The van der Waals surface area contributed by atoms with E-state index in [1.165, 1.54) is 10.4 Å². The lowest BCUT2D eigenvalue weighted by Crippen LogP contribution is -2.27. The van der Waals surface area contributed by atoms with E-state index in [1.807, 2.05) is 18.7 Å². The highest BCUT2D eigenvalue weighted by Crippen LogP contribution is 2.37. The van der Waals surface area contributed by atoms with Gasteiger partial charge in [0.2, 0.25) is 0 Å². The molecule has 2 heterocycles. The molecule has 3 rings (SSSR count). The molecule has 0 radical (unpaired) electrons. The van der Waals surface area contributed by atoms with Crippen molar-refractivity contribution in [3.8, 4) is 11.3 Å². The van der Waals surface area contributed by atoms with Crippen LogP contribution in [0.1, 0.15) is 34.3 Å². The van der Waals surface area contributed by atoms with Crippen LogP contribution in [-0.2, 0) is 24.6 Å². The third kappa shape index (κ3) is 2.80. The van der Waals surface area contributed by atoms with Crippen molar-refractivity contribution in [2.75, 3.05) is 19.8 Å². The van der Waals surface area contributed by atoms with E-state index in [9.17, 15) is 4.79 Å². The van der Waals surface area contributed by atoms with Crippen molar-refractivity contribution >= 4 is 17.2 Å². The molecule has 0 unspecified atom stereocenters. The Morgan fingerprint density at radius 3 is 3.18 bits per heavy atom. The molecule has 0 spiro atoms. The van der Waals surface area contributed by atoms with Crippen LogP contribution in [-0.4, -0.2) is 35.4 Å². The molecule has 1 aliphatic carbocycles. The topological polar surface area (TPSA) is 56.1 Å². The normalized spacial score (nSPS) is 12.8. The van der Waals surface area contributed by atoms with Crippen molar-refractivity contribution in [2.45, 2.75) is 26.2 Å². The van der Waals surface area contributed by atoms with Crippen molar-refractivity contribution in [2.24, 2.45) is 7.05 Å². The van der Waals surface area contributed by atoms with Gasteiger partial charge in [-0.05, 0) is 37.6 Å². The van der Waals surface area contributed by atoms with E-state index in [0.29, 0.717) is 25.5 Å². The zero-order chi connectivity index (χ0) is 15.5. The van der Waals surface area contributed by atoms with E-state index in [2.05, 4.69) is 21.9 Å².